The molecule has 4 rings (SSSR count). The molecule has 0 saturated heterocycles. The predicted octanol–water partition coefficient (Wildman–Crippen LogP) is 2.46. The van der Waals surface area contributed by atoms with E-state index in [2.05, 4.69) is 10.5 Å². The van der Waals surface area contributed by atoms with Crippen LogP contribution in [0.3, 0.4) is 0 Å². The highest BCUT2D eigenvalue weighted by atomic mass is 32.2. The minimum absolute atomic E-state index is 0.0789. The Morgan fingerprint density at radius 2 is 2.04 bits per heavy atom. The van der Waals surface area contributed by atoms with Gasteiger partial charge in [-0.1, -0.05) is 18.2 Å². The number of carbonyl (C=O) groups excluding carboxylic acids is 2. The monoisotopic (exact) mass is 324 g/mol. The number of hydrogen-bond acceptors (Lipinski definition) is 5. The average molecular weight is 324 g/mol. The van der Waals surface area contributed by atoms with Crippen LogP contribution in [0.1, 0.15) is 15.9 Å². The van der Waals surface area contributed by atoms with Gasteiger partial charge in [0.15, 0.2) is 0 Å². The molecule has 2 aromatic carbocycles. The molecule has 0 fully saturated rings. The maximum atomic E-state index is 12.1. The first-order chi connectivity index (χ1) is 11.2. The second-order valence-corrected chi connectivity index (χ2v) is 6.31. The maximum absolute atomic E-state index is 12.1. The number of benzene rings is 2. The van der Waals surface area contributed by atoms with E-state index in [9.17, 15) is 9.59 Å². The fourth-order valence-electron chi connectivity index (χ4n) is 2.61. The summed E-state index contributed by atoms with van der Waals surface area (Å²) in [5, 5.41) is 4.12. The van der Waals surface area contributed by atoms with E-state index in [1.54, 1.807) is 48.2 Å². The topological polar surface area (TPSA) is 67.8 Å². The first kappa shape index (κ1) is 14.0. The number of thioether (sulfide) groups is 1. The molecule has 0 spiro atoms. The molecular weight excluding hydrogens is 312 g/mol. The highest BCUT2D eigenvalue weighted by Crippen LogP contribution is 2.37. The number of nitrogens with one attached hydrogen (secondary N) is 1. The quantitative estimate of drug-likeness (QED) is 0.681. The summed E-state index contributed by atoms with van der Waals surface area (Å²) in [4.78, 5) is 24.9. The lowest BCUT2D eigenvalue weighted by atomic mass is 9.98. The van der Waals surface area contributed by atoms with Crippen LogP contribution in [0.25, 0.3) is 0 Å². The van der Waals surface area contributed by atoms with Crippen molar-refractivity contribution in [3.63, 3.8) is 0 Å². The zero-order valence-corrected chi connectivity index (χ0v) is 12.8. The smallest absolute Gasteiger partial charge is 0.343 e. The molecule has 2 aliphatic heterocycles. The lowest BCUT2D eigenvalue weighted by Crippen LogP contribution is -2.28. The van der Waals surface area contributed by atoms with E-state index in [-0.39, 0.29) is 11.8 Å². The molecule has 5 nitrogen and oxygen atoms in total. The number of fused-ring (bicyclic) bond motifs is 3. The third-order valence-electron chi connectivity index (χ3n) is 3.79. The van der Waals surface area contributed by atoms with Crippen LogP contribution >= 0.6 is 11.8 Å². The lowest BCUT2D eigenvalue weighted by Gasteiger charge is -2.20. The minimum atomic E-state index is -0.409. The van der Waals surface area contributed by atoms with Gasteiger partial charge < -0.3 is 4.74 Å². The van der Waals surface area contributed by atoms with E-state index < -0.39 is 5.97 Å². The molecule has 23 heavy (non-hydrogen) atoms. The summed E-state index contributed by atoms with van der Waals surface area (Å²) in [6.07, 6.45) is 0. The predicted molar refractivity (Wildman–Crippen MR) is 86.7 cm³/mol. The first-order valence-electron chi connectivity index (χ1n) is 7.14. The van der Waals surface area contributed by atoms with Crippen molar-refractivity contribution in [3.05, 3.63) is 59.7 Å². The van der Waals surface area contributed by atoms with Gasteiger partial charge in [-0.3, -0.25) is 4.79 Å². The van der Waals surface area contributed by atoms with Gasteiger partial charge in [-0.05, 0) is 30.3 Å². The Hall–Kier alpha value is -2.60. The summed E-state index contributed by atoms with van der Waals surface area (Å²) in [6, 6.07) is 14.3. The number of nitrogens with zero attached hydrogens (tertiary/aromatic N) is 1. The van der Waals surface area contributed by atoms with Crippen LogP contribution < -0.4 is 10.2 Å². The van der Waals surface area contributed by atoms with Crippen molar-refractivity contribution in [2.75, 3.05) is 5.75 Å². The summed E-state index contributed by atoms with van der Waals surface area (Å²) in [5.74, 6) is 0.410. The standard InChI is InChI=1S/C17H12N2O3S/c20-16-13-9-23-14-7-6-11(8-12(14)15(13)18-19-16)22-17(21)10-4-2-1-3-5-10/h1-8,13H,9H2,(H,19,20). The summed E-state index contributed by atoms with van der Waals surface area (Å²) in [5.41, 5.74) is 4.58. The third-order valence-corrected chi connectivity index (χ3v) is 4.95. The van der Waals surface area contributed by atoms with Crippen molar-refractivity contribution < 1.29 is 14.3 Å². The van der Waals surface area contributed by atoms with E-state index in [4.69, 9.17) is 4.74 Å². The number of esters is 1. The van der Waals surface area contributed by atoms with Gasteiger partial charge in [-0.2, -0.15) is 5.10 Å². The third kappa shape index (κ3) is 2.51. The van der Waals surface area contributed by atoms with Crippen molar-refractivity contribution in [2.45, 2.75) is 4.90 Å². The van der Waals surface area contributed by atoms with Gasteiger partial charge in [-0.15, -0.1) is 11.8 Å². The zero-order valence-electron chi connectivity index (χ0n) is 12.0. The Morgan fingerprint density at radius 3 is 2.87 bits per heavy atom. The van der Waals surface area contributed by atoms with E-state index in [0.717, 1.165) is 16.2 Å². The molecule has 2 aliphatic rings. The van der Waals surface area contributed by atoms with Crippen LogP contribution in [0.15, 0.2) is 58.5 Å². The fraction of sp³-hybridized carbons (Fsp3) is 0.118. The van der Waals surface area contributed by atoms with Gasteiger partial charge in [0.05, 0.1) is 17.2 Å². The lowest BCUT2D eigenvalue weighted by molar-refractivity contribution is -0.121. The van der Waals surface area contributed by atoms with Crippen molar-refractivity contribution in [2.24, 2.45) is 11.0 Å². The molecule has 0 bridgehead atoms. The Bertz CT molecular complexity index is 833. The van der Waals surface area contributed by atoms with Gasteiger partial charge in [0.1, 0.15) is 5.75 Å². The molecule has 1 atom stereocenters. The summed E-state index contributed by atoms with van der Waals surface area (Å²) >= 11 is 1.61. The van der Waals surface area contributed by atoms with Crippen molar-refractivity contribution in [3.8, 4) is 5.75 Å². The number of ether oxygens (including phenoxy) is 1. The fourth-order valence-corrected chi connectivity index (χ4v) is 3.75. The van der Waals surface area contributed by atoms with E-state index in [1.807, 2.05) is 12.1 Å². The van der Waals surface area contributed by atoms with Crippen LogP contribution in [0.4, 0.5) is 0 Å². The molecule has 6 heteroatoms. The molecule has 1 unspecified atom stereocenters. The number of amides is 1. The number of hydrazone groups is 1. The van der Waals surface area contributed by atoms with Crippen molar-refractivity contribution >= 4 is 29.4 Å². The van der Waals surface area contributed by atoms with Crippen molar-refractivity contribution in [1.82, 2.24) is 5.43 Å². The highest BCUT2D eigenvalue weighted by Gasteiger charge is 2.36. The normalized spacial score (nSPS) is 18.5. The second kappa shape index (κ2) is 5.55. The van der Waals surface area contributed by atoms with Crippen LogP contribution in [0.2, 0.25) is 0 Å². The largest absolute Gasteiger partial charge is 0.423 e. The van der Waals surface area contributed by atoms with Crippen LogP contribution in [-0.2, 0) is 4.79 Å². The Balaban J connectivity index is 1.63. The van der Waals surface area contributed by atoms with E-state index in [1.165, 1.54) is 0 Å². The Labute approximate surface area is 136 Å². The van der Waals surface area contributed by atoms with Gasteiger partial charge >= 0.3 is 5.97 Å². The van der Waals surface area contributed by atoms with Gasteiger partial charge in [0.25, 0.3) is 0 Å². The minimum Gasteiger partial charge on any atom is -0.423 e. The molecule has 2 heterocycles. The van der Waals surface area contributed by atoms with Gasteiger partial charge in [0, 0.05) is 16.2 Å². The Morgan fingerprint density at radius 1 is 1.22 bits per heavy atom. The van der Waals surface area contributed by atoms with E-state index >= 15 is 0 Å². The van der Waals surface area contributed by atoms with Crippen LogP contribution in [-0.4, -0.2) is 23.3 Å². The molecule has 0 aromatic heterocycles. The summed E-state index contributed by atoms with van der Waals surface area (Å²) in [7, 11) is 0. The Kier molecular flexibility index (Phi) is 3.38. The summed E-state index contributed by atoms with van der Waals surface area (Å²) in [6.45, 7) is 0. The molecule has 1 amide bonds. The molecule has 1 N–H and O–H groups in total. The maximum Gasteiger partial charge on any atom is 0.343 e. The number of hydrogen-bond donors (Lipinski definition) is 1. The average Bonchev–Trinajstić information content (AvgIpc) is 2.97. The molecular formula is C17H12N2O3S. The first-order valence-corrected chi connectivity index (χ1v) is 8.13. The zero-order chi connectivity index (χ0) is 15.8. The highest BCUT2D eigenvalue weighted by molar-refractivity contribution is 7.99. The number of carbonyl (C=O) groups is 2. The van der Waals surface area contributed by atoms with E-state index in [0.29, 0.717) is 17.1 Å². The molecule has 0 aliphatic carbocycles. The van der Waals surface area contributed by atoms with Gasteiger partial charge in [0.2, 0.25) is 5.91 Å². The number of rotatable bonds is 2. The molecule has 2 aromatic rings. The molecule has 0 saturated carbocycles. The molecule has 0 radical (unpaired) electrons. The summed E-state index contributed by atoms with van der Waals surface area (Å²) < 4.78 is 5.43. The SMILES string of the molecule is O=C(Oc1ccc2c(c1)C1=NNC(=O)C1CS2)c1ccccc1. The second-order valence-electron chi connectivity index (χ2n) is 5.25. The van der Waals surface area contributed by atoms with Gasteiger partial charge in [-0.25, -0.2) is 10.2 Å². The van der Waals surface area contributed by atoms with Crippen LogP contribution in [0, 0.1) is 5.92 Å². The molecule has 114 valence electrons. The van der Waals surface area contributed by atoms with Crippen molar-refractivity contribution in [1.29, 1.82) is 0 Å². The van der Waals surface area contributed by atoms with Crippen LogP contribution in [0.5, 0.6) is 5.75 Å².